The van der Waals surface area contributed by atoms with Crippen LogP contribution in [0.15, 0.2) is 24.3 Å². The molecule has 1 aliphatic rings. The van der Waals surface area contributed by atoms with E-state index in [9.17, 15) is 4.79 Å². The average molecular weight is 304 g/mol. The number of ether oxygens (including phenoxy) is 1. The lowest BCUT2D eigenvalue weighted by molar-refractivity contribution is 0.0895. The highest BCUT2D eigenvalue weighted by Gasteiger charge is 2.24. The summed E-state index contributed by atoms with van der Waals surface area (Å²) >= 11 is 0. The molecule has 0 aliphatic carbocycles. The number of hydrogen-bond acceptors (Lipinski definition) is 3. The summed E-state index contributed by atoms with van der Waals surface area (Å²) in [6, 6.07) is 7.71. The predicted octanol–water partition coefficient (Wildman–Crippen LogP) is 2.94. The van der Waals surface area contributed by atoms with Gasteiger partial charge in [-0.2, -0.15) is 0 Å². The van der Waals surface area contributed by atoms with Gasteiger partial charge >= 0.3 is 0 Å². The smallest absolute Gasteiger partial charge is 0.251 e. The molecule has 1 atom stereocenters. The van der Waals surface area contributed by atoms with Crippen molar-refractivity contribution in [3.63, 3.8) is 0 Å². The lowest BCUT2D eigenvalue weighted by Gasteiger charge is -2.37. The molecule has 1 fully saturated rings. The lowest BCUT2D eigenvalue weighted by atomic mass is 9.99. The Morgan fingerprint density at radius 2 is 2.00 bits per heavy atom. The van der Waals surface area contributed by atoms with Gasteiger partial charge in [-0.25, -0.2) is 0 Å². The second-order valence-electron chi connectivity index (χ2n) is 6.35. The Kier molecular flexibility index (Phi) is 6.25. The van der Waals surface area contributed by atoms with Crippen LogP contribution in [0.5, 0.6) is 5.75 Å². The average Bonchev–Trinajstić information content (AvgIpc) is 2.55. The van der Waals surface area contributed by atoms with Crippen molar-refractivity contribution in [1.29, 1.82) is 0 Å². The molecule has 0 aromatic heterocycles. The van der Waals surface area contributed by atoms with Crippen molar-refractivity contribution < 1.29 is 9.53 Å². The van der Waals surface area contributed by atoms with Gasteiger partial charge in [0, 0.05) is 18.2 Å². The molecule has 1 aromatic carbocycles. The van der Waals surface area contributed by atoms with Gasteiger partial charge in [-0.3, -0.25) is 9.69 Å². The van der Waals surface area contributed by atoms with E-state index in [-0.39, 0.29) is 5.91 Å². The van der Waals surface area contributed by atoms with Crippen molar-refractivity contribution in [2.45, 2.75) is 39.2 Å². The molecule has 1 aliphatic heterocycles. The van der Waals surface area contributed by atoms with Crippen molar-refractivity contribution in [1.82, 2.24) is 10.2 Å². The van der Waals surface area contributed by atoms with Crippen molar-refractivity contribution in [3.05, 3.63) is 29.8 Å². The molecule has 0 bridgehead atoms. The summed E-state index contributed by atoms with van der Waals surface area (Å²) in [5, 5.41) is 3.09. The molecule has 2 rings (SSSR count). The lowest BCUT2D eigenvalue weighted by Crippen LogP contribution is -2.48. The van der Waals surface area contributed by atoms with Crippen LogP contribution in [0.2, 0.25) is 0 Å². The summed E-state index contributed by atoms with van der Waals surface area (Å²) in [6.07, 6.45) is 3.87. The standard InChI is InChI=1S/C18H28N2O2/c1-14(2)17(20-10-5-4-6-11-20)13-19-18(21)15-8-7-9-16(12-15)22-3/h7-9,12,14,17H,4-6,10-11,13H2,1-3H3,(H,19,21). The fraction of sp³-hybridized carbons (Fsp3) is 0.611. The zero-order valence-corrected chi connectivity index (χ0v) is 14.0. The topological polar surface area (TPSA) is 41.6 Å². The Labute approximate surface area is 133 Å². The molecule has 4 nitrogen and oxygen atoms in total. The monoisotopic (exact) mass is 304 g/mol. The Balaban J connectivity index is 1.94. The summed E-state index contributed by atoms with van der Waals surface area (Å²) in [6.45, 7) is 7.47. The van der Waals surface area contributed by atoms with E-state index in [0.29, 0.717) is 29.8 Å². The number of carbonyl (C=O) groups excluding carboxylic acids is 1. The van der Waals surface area contributed by atoms with Crippen molar-refractivity contribution in [3.8, 4) is 5.75 Å². The van der Waals surface area contributed by atoms with Crippen LogP contribution >= 0.6 is 0 Å². The first kappa shape index (κ1) is 16.8. The fourth-order valence-electron chi connectivity index (χ4n) is 3.10. The van der Waals surface area contributed by atoms with Gasteiger partial charge < -0.3 is 10.1 Å². The van der Waals surface area contributed by atoms with Gasteiger partial charge in [0.25, 0.3) is 5.91 Å². The maximum Gasteiger partial charge on any atom is 0.251 e. The number of amides is 1. The van der Waals surface area contributed by atoms with E-state index in [1.165, 1.54) is 19.3 Å². The first-order valence-electron chi connectivity index (χ1n) is 8.28. The number of benzene rings is 1. The van der Waals surface area contributed by atoms with Gasteiger partial charge in [0.15, 0.2) is 0 Å². The van der Waals surface area contributed by atoms with E-state index in [2.05, 4.69) is 24.1 Å². The third kappa shape index (κ3) is 4.47. The second-order valence-corrected chi connectivity index (χ2v) is 6.35. The van der Waals surface area contributed by atoms with Gasteiger partial charge in [-0.05, 0) is 50.0 Å². The van der Waals surface area contributed by atoms with Gasteiger partial charge in [0.05, 0.1) is 7.11 Å². The highest BCUT2D eigenvalue weighted by Crippen LogP contribution is 2.17. The number of carbonyl (C=O) groups is 1. The summed E-state index contributed by atoms with van der Waals surface area (Å²) in [4.78, 5) is 14.9. The number of nitrogens with one attached hydrogen (secondary N) is 1. The number of likely N-dealkylation sites (tertiary alicyclic amines) is 1. The number of methoxy groups -OCH3 is 1. The van der Waals surface area contributed by atoms with E-state index >= 15 is 0 Å². The maximum atomic E-state index is 12.3. The highest BCUT2D eigenvalue weighted by molar-refractivity contribution is 5.94. The molecule has 1 unspecified atom stereocenters. The molecule has 0 saturated carbocycles. The molecule has 1 saturated heterocycles. The molecule has 1 amide bonds. The van der Waals surface area contributed by atoms with Crippen molar-refractivity contribution >= 4 is 5.91 Å². The Bertz CT molecular complexity index is 482. The zero-order chi connectivity index (χ0) is 15.9. The van der Waals surface area contributed by atoms with Crippen LogP contribution in [0.25, 0.3) is 0 Å². The number of piperidine rings is 1. The van der Waals surface area contributed by atoms with Crippen LogP contribution < -0.4 is 10.1 Å². The van der Waals surface area contributed by atoms with Gasteiger partial charge in [0.2, 0.25) is 0 Å². The van der Waals surface area contributed by atoms with E-state index in [4.69, 9.17) is 4.74 Å². The molecule has 122 valence electrons. The van der Waals surface area contributed by atoms with Crippen molar-refractivity contribution in [2.24, 2.45) is 5.92 Å². The SMILES string of the molecule is COc1cccc(C(=O)NCC(C(C)C)N2CCCCC2)c1. The third-order valence-electron chi connectivity index (χ3n) is 4.43. The van der Waals surface area contributed by atoms with Crippen molar-refractivity contribution in [2.75, 3.05) is 26.7 Å². The quantitative estimate of drug-likeness (QED) is 0.878. The molecular formula is C18H28N2O2. The minimum atomic E-state index is -0.0263. The molecule has 0 spiro atoms. The summed E-state index contributed by atoms with van der Waals surface area (Å²) in [7, 11) is 1.61. The van der Waals surface area contributed by atoms with E-state index in [0.717, 1.165) is 13.1 Å². The maximum absolute atomic E-state index is 12.3. The molecule has 0 radical (unpaired) electrons. The number of hydrogen-bond donors (Lipinski definition) is 1. The Morgan fingerprint density at radius 1 is 1.27 bits per heavy atom. The van der Waals surface area contributed by atoms with Gasteiger partial charge in [0.1, 0.15) is 5.75 Å². The van der Waals surface area contributed by atoms with Crippen LogP contribution in [0, 0.1) is 5.92 Å². The van der Waals surface area contributed by atoms with E-state index in [1.54, 1.807) is 13.2 Å². The molecule has 4 heteroatoms. The van der Waals surface area contributed by atoms with Crippen LogP contribution in [0.1, 0.15) is 43.5 Å². The van der Waals surface area contributed by atoms with Crippen LogP contribution in [-0.4, -0.2) is 43.6 Å². The van der Waals surface area contributed by atoms with Gasteiger partial charge in [-0.15, -0.1) is 0 Å². The molecule has 1 aromatic rings. The molecule has 22 heavy (non-hydrogen) atoms. The predicted molar refractivity (Wildman–Crippen MR) is 89.4 cm³/mol. The Hall–Kier alpha value is -1.55. The minimum Gasteiger partial charge on any atom is -0.497 e. The highest BCUT2D eigenvalue weighted by atomic mass is 16.5. The summed E-state index contributed by atoms with van der Waals surface area (Å²) in [5.74, 6) is 1.22. The fourth-order valence-corrected chi connectivity index (χ4v) is 3.10. The van der Waals surface area contributed by atoms with Gasteiger partial charge in [-0.1, -0.05) is 26.3 Å². The van der Waals surface area contributed by atoms with E-state index < -0.39 is 0 Å². The summed E-state index contributed by atoms with van der Waals surface area (Å²) < 4.78 is 5.18. The number of nitrogens with zero attached hydrogens (tertiary/aromatic N) is 1. The van der Waals surface area contributed by atoms with Crippen LogP contribution in [0.3, 0.4) is 0 Å². The normalized spacial score (nSPS) is 17.3. The number of rotatable bonds is 6. The minimum absolute atomic E-state index is 0.0263. The largest absolute Gasteiger partial charge is 0.497 e. The molecule has 1 N–H and O–H groups in total. The van der Waals surface area contributed by atoms with Crippen LogP contribution in [0.4, 0.5) is 0 Å². The first-order valence-corrected chi connectivity index (χ1v) is 8.28. The second kappa shape index (κ2) is 8.18. The molecule has 1 heterocycles. The van der Waals surface area contributed by atoms with E-state index in [1.807, 2.05) is 18.2 Å². The first-order chi connectivity index (χ1) is 10.6. The van der Waals surface area contributed by atoms with Crippen LogP contribution in [-0.2, 0) is 0 Å². The summed E-state index contributed by atoms with van der Waals surface area (Å²) in [5.41, 5.74) is 0.653. The zero-order valence-electron chi connectivity index (χ0n) is 14.0. The Morgan fingerprint density at radius 3 is 2.64 bits per heavy atom. The third-order valence-corrected chi connectivity index (χ3v) is 4.43. The molecular weight excluding hydrogens is 276 g/mol.